The average Bonchev–Trinajstić information content (AvgIpc) is 2.26. The molecule has 80 valence electrons. The molecule has 0 fully saturated rings. The first kappa shape index (κ1) is 11.7. The summed E-state index contributed by atoms with van der Waals surface area (Å²) < 4.78 is 12.7. The number of halogens is 1. The van der Waals surface area contributed by atoms with Crippen molar-refractivity contribution >= 4 is 0 Å². The molecule has 0 spiro atoms. The molecule has 0 saturated heterocycles. The molecule has 1 aromatic rings. The predicted molar refractivity (Wildman–Crippen MR) is 60.9 cm³/mol. The van der Waals surface area contributed by atoms with Gasteiger partial charge in [-0.15, -0.1) is 12.3 Å². The second-order valence-corrected chi connectivity index (χ2v) is 3.49. The van der Waals surface area contributed by atoms with Gasteiger partial charge in [0.2, 0.25) is 0 Å². The third-order valence-electron chi connectivity index (χ3n) is 2.43. The van der Waals surface area contributed by atoms with E-state index in [0.717, 1.165) is 24.8 Å². The summed E-state index contributed by atoms with van der Waals surface area (Å²) in [6, 6.07) is 6.86. The summed E-state index contributed by atoms with van der Waals surface area (Å²) in [5.41, 5.74) is 1.11. The van der Waals surface area contributed by atoms with Crippen molar-refractivity contribution in [2.24, 2.45) is 0 Å². The summed E-state index contributed by atoms with van der Waals surface area (Å²) in [7, 11) is 1.91. The van der Waals surface area contributed by atoms with Gasteiger partial charge in [0.25, 0.3) is 0 Å². The molecular formula is C13H16FN. The van der Waals surface area contributed by atoms with E-state index in [9.17, 15) is 4.39 Å². The van der Waals surface area contributed by atoms with Crippen LogP contribution < -0.4 is 5.32 Å². The maximum absolute atomic E-state index is 12.7. The Balaban J connectivity index is 2.58. The van der Waals surface area contributed by atoms with Crippen molar-refractivity contribution in [2.45, 2.75) is 25.3 Å². The Kier molecular flexibility index (Phi) is 4.86. The zero-order chi connectivity index (χ0) is 11.1. The lowest BCUT2D eigenvalue weighted by Gasteiger charge is -2.15. The van der Waals surface area contributed by atoms with E-state index in [1.165, 1.54) is 12.1 Å². The molecule has 1 unspecified atom stereocenters. The molecule has 0 saturated carbocycles. The van der Waals surface area contributed by atoms with Crippen molar-refractivity contribution in [3.63, 3.8) is 0 Å². The highest BCUT2D eigenvalue weighted by atomic mass is 19.1. The van der Waals surface area contributed by atoms with Crippen LogP contribution in [0.5, 0.6) is 0 Å². The Morgan fingerprint density at radius 2 is 2.07 bits per heavy atom. The minimum Gasteiger partial charge on any atom is -0.313 e. The summed E-state index contributed by atoms with van der Waals surface area (Å²) in [6.07, 6.45) is 7.95. The second kappa shape index (κ2) is 6.21. The number of hydrogen-bond donors (Lipinski definition) is 1. The van der Waals surface area contributed by atoms with Gasteiger partial charge in [-0.1, -0.05) is 12.1 Å². The largest absolute Gasteiger partial charge is 0.313 e. The Labute approximate surface area is 90.7 Å². The maximum atomic E-state index is 12.7. The second-order valence-electron chi connectivity index (χ2n) is 3.49. The van der Waals surface area contributed by atoms with Crippen LogP contribution in [0.25, 0.3) is 0 Å². The maximum Gasteiger partial charge on any atom is 0.123 e. The lowest BCUT2D eigenvalue weighted by atomic mass is 10.0. The molecule has 0 amide bonds. The van der Waals surface area contributed by atoms with Crippen molar-refractivity contribution < 1.29 is 4.39 Å². The van der Waals surface area contributed by atoms with E-state index in [4.69, 9.17) is 6.42 Å². The normalized spacial score (nSPS) is 12.1. The van der Waals surface area contributed by atoms with E-state index in [1.807, 2.05) is 19.2 Å². The Morgan fingerprint density at radius 1 is 1.40 bits per heavy atom. The first-order chi connectivity index (χ1) is 7.27. The number of nitrogens with one attached hydrogen (secondary N) is 1. The highest BCUT2D eigenvalue weighted by molar-refractivity contribution is 5.19. The molecule has 0 aliphatic carbocycles. The molecule has 1 aromatic carbocycles. The fourth-order valence-corrected chi connectivity index (χ4v) is 1.58. The zero-order valence-electron chi connectivity index (χ0n) is 8.96. The van der Waals surface area contributed by atoms with Crippen molar-refractivity contribution in [1.82, 2.24) is 5.32 Å². The fourth-order valence-electron chi connectivity index (χ4n) is 1.58. The van der Waals surface area contributed by atoms with Crippen LogP contribution in [0.2, 0.25) is 0 Å². The number of terminal acetylenes is 1. The molecular weight excluding hydrogens is 189 g/mol. The molecule has 2 heteroatoms. The number of unbranched alkanes of at least 4 members (excludes halogenated alkanes) is 1. The smallest absolute Gasteiger partial charge is 0.123 e. The average molecular weight is 205 g/mol. The SMILES string of the molecule is C#CCCCC(NC)c1ccc(F)cc1. The molecule has 0 heterocycles. The van der Waals surface area contributed by atoms with E-state index >= 15 is 0 Å². The van der Waals surface area contributed by atoms with Crippen LogP contribution in [0.15, 0.2) is 24.3 Å². The van der Waals surface area contributed by atoms with Crippen LogP contribution in [-0.2, 0) is 0 Å². The first-order valence-corrected chi connectivity index (χ1v) is 5.14. The molecule has 0 aromatic heterocycles. The molecule has 0 radical (unpaired) electrons. The van der Waals surface area contributed by atoms with Crippen LogP contribution >= 0.6 is 0 Å². The van der Waals surface area contributed by atoms with E-state index < -0.39 is 0 Å². The van der Waals surface area contributed by atoms with E-state index in [2.05, 4.69) is 11.2 Å². The van der Waals surface area contributed by atoms with Gasteiger partial charge in [-0.3, -0.25) is 0 Å². The Bertz CT molecular complexity index is 323. The van der Waals surface area contributed by atoms with E-state index in [-0.39, 0.29) is 11.9 Å². The monoisotopic (exact) mass is 205 g/mol. The number of hydrogen-bond acceptors (Lipinski definition) is 1. The van der Waals surface area contributed by atoms with Crippen LogP contribution in [0.3, 0.4) is 0 Å². The fraction of sp³-hybridized carbons (Fsp3) is 0.385. The van der Waals surface area contributed by atoms with Crippen molar-refractivity contribution in [3.05, 3.63) is 35.6 Å². The lowest BCUT2D eigenvalue weighted by molar-refractivity contribution is 0.530. The van der Waals surface area contributed by atoms with Gasteiger partial charge in [0, 0.05) is 12.5 Å². The minimum absolute atomic E-state index is 0.197. The van der Waals surface area contributed by atoms with Crippen LogP contribution in [0.4, 0.5) is 4.39 Å². The van der Waals surface area contributed by atoms with E-state index in [1.54, 1.807) is 0 Å². The van der Waals surface area contributed by atoms with Crippen LogP contribution in [0, 0.1) is 18.2 Å². The van der Waals surface area contributed by atoms with Crippen molar-refractivity contribution in [3.8, 4) is 12.3 Å². The standard InChI is InChI=1S/C13H16FN/c1-3-4-5-6-13(15-2)11-7-9-12(14)10-8-11/h1,7-10,13,15H,4-6H2,2H3. The van der Waals surface area contributed by atoms with Gasteiger partial charge >= 0.3 is 0 Å². The summed E-state index contributed by atoms with van der Waals surface area (Å²) in [4.78, 5) is 0. The molecule has 0 bridgehead atoms. The van der Waals surface area contributed by atoms with Crippen LogP contribution in [0.1, 0.15) is 30.9 Å². The third kappa shape index (κ3) is 3.73. The Hall–Kier alpha value is -1.33. The lowest BCUT2D eigenvalue weighted by Crippen LogP contribution is -2.16. The first-order valence-electron chi connectivity index (χ1n) is 5.14. The highest BCUT2D eigenvalue weighted by Gasteiger charge is 2.07. The van der Waals surface area contributed by atoms with Gasteiger partial charge in [-0.2, -0.15) is 0 Å². The number of benzene rings is 1. The third-order valence-corrected chi connectivity index (χ3v) is 2.43. The van der Waals surface area contributed by atoms with Gasteiger partial charge < -0.3 is 5.32 Å². The van der Waals surface area contributed by atoms with Gasteiger partial charge in [-0.05, 0) is 37.6 Å². The van der Waals surface area contributed by atoms with Gasteiger partial charge in [0.15, 0.2) is 0 Å². The number of rotatable bonds is 5. The molecule has 1 nitrogen and oxygen atoms in total. The summed E-state index contributed by atoms with van der Waals surface area (Å²) in [5.74, 6) is 2.42. The summed E-state index contributed by atoms with van der Waals surface area (Å²) >= 11 is 0. The predicted octanol–water partition coefficient (Wildman–Crippen LogP) is 2.89. The van der Waals surface area contributed by atoms with Crippen LogP contribution in [-0.4, -0.2) is 7.05 Å². The topological polar surface area (TPSA) is 12.0 Å². The van der Waals surface area contributed by atoms with Gasteiger partial charge in [0.1, 0.15) is 5.82 Å². The molecule has 1 atom stereocenters. The van der Waals surface area contributed by atoms with E-state index in [0.29, 0.717) is 0 Å². The van der Waals surface area contributed by atoms with Gasteiger partial charge in [-0.25, -0.2) is 4.39 Å². The zero-order valence-corrected chi connectivity index (χ0v) is 8.96. The van der Waals surface area contributed by atoms with Crippen molar-refractivity contribution in [1.29, 1.82) is 0 Å². The Morgan fingerprint density at radius 3 is 2.60 bits per heavy atom. The van der Waals surface area contributed by atoms with Gasteiger partial charge in [0.05, 0.1) is 0 Å². The quantitative estimate of drug-likeness (QED) is 0.575. The minimum atomic E-state index is -0.197. The summed E-state index contributed by atoms with van der Waals surface area (Å²) in [5, 5.41) is 3.21. The molecule has 0 aliphatic heterocycles. The highest BCUT2D eigenvalue weighted by Crippen LogP contribution is 2.18. The molecule has 1 rings (SSSR count). The van der Waals surface area contributed by atoms with Crippen molar-refractivity contribution in [2.75, 3.05) is 7.05 Å². The molecule has 1 N–H and O–H groups in total. The molecule has 15 heavy (non-hydrogen) atoms. The molecule has 0 aliphatic rings. The summed E-state index contributed by atoms with van der Waals surface area (Å²) in [6.45, 7) is 0.